The lowest BCUT2D eigenvalue weighted by molar-refractivity contribution is 0.0420. The van der Waals surface area contributed by atoms with Crippen LogP contribution in [0.1, 0.15) is 46.5 Å². The van der Waals surface area contributed by atoms with Gasteiger partial charge in [0, 0.05) is 6.54 Å². The fourth-order valence-corrected chi connectivity index (χ4v) is 2.07. The van der Waals surface area contributed by atoms with Crippen LogP contribution in [0.15, 0.2) is 0 Å². The number of hydroxylamine groups is 1. The summed E-state index contributed by atoms with van der Waals surface area (Å²) >= 11 is 0. The highest BCUT2D eigenvalue weighted by Gasteiger charge is 2.36. The van der Waals surface area contributed by atoms with E-state index in [4.69, 9.17) is 9.94 Å². The van der Waals surface area contributed by atoms with Crippen molar-refractivity contribution in [3.63, 3.8) is 0 Å². The molecular formula is C11H22N2O3. The lowest BCUT2D eigenvalue weighted by atomic mass is 9.98. The molecule has 1 saturated carbocycles. The minimum Gasteiger partial charge on any atom is -0.444 e. The molecule has 3 N–H and O–H groups in total. The van der Waals surface area contributed by atoms with Crippen molar-refractivity contribution >= 4 is 6.09 Å². The molecule has 1 fully saturated rings. The van der Waals surface area contributed by atoms with Crippen LogP contribution in [0.4, 0.5) is 4.79 Å². The van der Waals surface area contributed by atoms with E-state index < -0.39 is 11.7 Å². The van der Waals surface area contributed by atoms with E-state index in [1.165, 1.54) is 0 Å². The van der Waals surface area contributed by atoms with Gasteiger partial charge in [0.05, 0.1) is 5.54 Å². The number of carbonyl (C=O) groups excluding carboxylic acids is 1. The van der Waals surface area contributed by atoms with Crippen LogP contribution >= 0.6 is 0 Å². The lowest BCUT2D eigenvalue weighted by Crippen LogP contribution is -2.53. The highest BCUT2D eigenvalue weighted by atomic mass is 16.6. The molecule has 1 amide bonds. The fraction of sp³-hybridized carbons (Fsp3) is 0.909. The standard InChI is InChI=1S/C11H22N2O3/c1-10(2,3)16-9(14)13-11(8-12-15)6-4-5-7-11/h12,15H,4-8H2,1-3H3,(H,13,14). The van der Waals surface area contributed by atoms with Crippen molar-refractivity contribution in [3.8, 4) is 0 Å². The van der Waals surface area contributed by atoms with Crippen molar-refractivity contribution in [1.82, 2.24) is 10.8 Å². The van der Waals surface area contributed by atoms with E-state index in [0.717, 1.165) is 25.7 Å². The summed E-state index contributed by atoms with van der Waals surface area (Å²) < 4.78 is 5.21. The van der Waals surface area contributed by atoms with Gasteiger partial charge in [-0.25, -0.2) is 10.3 Å². The number of rotatable bonds is 3. The average Bonchev–Trinajstić information content (AvgIpc) is 2.49. The molecule has 94 valence electrons. The first-order valence-electron chi connectivity index (χ1n) is 5.75. The summed E-state index contributed by atoms with van der Waals surface area (Å²) in [6, 6.07) is 0. The second kappa shape index (κ2) is 5.01. The molecule has 16 heavy (non-hydrogen) atoms. The third kappa shape index (κ3) is 3.98. The van der Waals surface area contributed by atoms with Gasteiger partial charge in [-0.05, 0) is 33.6 Å². The molecule has 0 bridgehead atoms. The molecule has 1 rings (SSSR count). The van der Waals surface area contributed by atoms with Crippen molar-refractivity contribution in [2.45, 2.75) is 57.6 Å². The van der Waals surface area contributed by atoms with E-state index in [9.17, 15) is 4.79 Å². The van der Waals surface area contributed by atoms with Gasteiger partial charge in [-0.1, -0.05) is 12.8 Å². The summed E-state index contributed by atoms with van der Waals surface area (Å²) in [5.41, 5.74) is 1.31. The van der Waals surface area contributed by atoms with Gasteiger partial charge in [-0.3, -0.25) is 0 Å². The number of ether oxygens (including phenoxy) is 1. The van der Waals surface area contributed by atoms with Crippen molar-refractivity contribution in [2.24, 2.45) is 0 Å². The Morgan fingerprint density at radius 1 is 1.38 bits per heavy atom. The van der Waals surface area contributed by atoms with Crippen LogP contribution in [0.5, 0.6) is 0 Å². The predicted molar refractivity (Wildman–Crippen MR) is 60.4 cm³/mol. The molecule has 1 aliphatic carbocycles. The lowest BCUT2D eigenvalue weighted by Gasteiger charge is -2.31. The molecule has 1 aliphatic rings. The highest BCUT2D eigenvalue weighted by Crippen LogP contribution is 2.29. The monoisotopic (exact) mass is 230 g/mol. The van der Waals surface area contributed by atoms with E-state index in [0.29, 0.717) is 6.54 Å². The van der Waals surface area contributed by atoms with E-state index in [-0.39, 0.29) is 5.54 Å². The first kappa shape index (κ1) is 13.3. The number of nitrogens with one attached hydrogen (secondary N) is 2. The third-order valence-corrected chi connectivity index (χ3v) is 2.74. The Morgan fingerprint density at radius 3 is 2.38 bits per heavy atom. The van der Waals surface area contributed by atoms with Gasteiger partial charge < -0.3 is 15.3 Å². The van der Waals surface area contributed by atoms with Crippen LogP contribution in [-0.2, 0) is 4.74 Å². The first-order chi connectivity index (χ1) is 7.37. The molecule has 0 aromatic heterocycles. The van der Waals surface area contributed by atoms with Crippen LogP contribution in [0, 0.1) is 0 Å². The van der Waals surface area contributed by atoms with Gasteiger partial charge in [0.2, 0.25) is 0 Å². The second-order valence-corrected chi connectivity index (χ2v) is 5.45. The molecule has 0 unspecified atom stereocenters. The molecule has 0 radical (unpaired) electrons. The largest absolute Gasteiger partial charge is 0.444 e. The number of amides is 1. The van der Waals surface area contributed by atoms with E-state index >= 15 is 0 Å². The Labute approximate surface area is 96.5 Å². The number of alkyl carbamates (subject to hydrolysis) is 1. The van der Waals surface area contributed by atoms with Gasteiger partial charge in [-0.15, -0.1) is 0 Å². The minimum absolute atomic E-state index is 0.350. The average molecular weight is 230 g/mol. The molecule has 0 aromatic carbocycles. The molecule has 5 heteroatoms. The normalized spacial score (nSPS) is 19.5. The predicted octanol–water partition coefficient (Wildman–Crippen LogP) is 1.80. The Morgan fingerprint density at radius 2 is 1.94 bits per heavy atom. The number of carbonyl (C=O) groups is 1. The maximum absolute atomic E-state index is 11.7. The van der Waals surface area contributed by atoms with E-state index in [2.05, 4.69) is 10.8 Å². The summed E-state index contributed by atoms with van der Waals surface area (Å²) in [5.74, 6) is 0. The van der Waals surface area contributed by atoms with Gasteiger partial charge in [0.1, 0.15) is 5.60 Å². The summed E-state index contributed by atoms with van der Waals surface area (Å²) in [4.78, 5) is 11.7. The summed E-state index contributed by atoms with van der Waals surface area (Å²) in [6.45, 7) is 5.86. The molecule has 0 spiro atoms. The molecule has 0 atom stereocenters. The van der Waals surface area contributed by atoms with Crippen LogP contribution in [0.2, 0.25) is 0 Å². The fourth-order valence-electron chi connectivity index (χ4n) is 2.07. The number of hydrogen-bond acceptors (Lipinski definition) is 4. The van der Waals surface area contributed by atoms with Crippen molar-refractivity contribution in [2.75, 3.05) is 6.54 Å². The van der Waals surface area contributed by atoms with Crippen LogP contribution in [0.3, 0.4) is 0 Å². The molecule has 0 heterocycles. The topological polar surface area (TPSA) is 70.6 Å². The maximum Gasteiger partial charge on any atom is 0.408 e. The number of hydrogen-bond donors (Lipinski definition) is 3. The van der Waals surface area contributed by atoms with Crippen molar-refractivity contribution in [1.29, 1.82) is 0 Å². The summed E-state index contributed by atoms with van der Waals surface area (Å²) in [7, 11) is 0. The zero-order valence-electron chi connectivity index (χ0n) is 10.3. The SMILES string of the molecule is CC(C)(C)OC(=O)NC1(CNO)CCCC1. The Balaban J connectivity index is 2.52. The molecule has 0 saturated heterocycles. The van der Waals surface area contributed by atoms with Crippen LogP contribution in [-0.4, -0.2) is 29.0 Å². The summed E-state index contributed by atoms with van der Waals surface area (Å²) in [5, 5.41) is 11.7. The molecule has 5 nitrogen and oxygen atoms in total. The first-order valence-corrected chi connectivity index (χ1v) is 5.75. The second-order valence-electron chi connectivity index (χ2n) is 5.45. The van der Waals surface area contributed by atoms with Crippen LogP contribution < -0.4 is 10.8 Å². The van der Waals surface area contributed by atoms with Crippen molar-refractivity contribution < 1.29 is 14.7 Å². The molecule has 0 aliphatic heterocycles. The third-order valence-electron chi connectivity index (χ3n) is 2.74. The zero-order valence-corrected chi connectivity index (χ0v) is 10.3. The molecule has 0 aromatic rings. The van der Waals surface area contributed by atoms with E-state index in [1.54, 1.807) is 0 Å². The van der Waals surface area contributed by atoms with E-state index in [1.807, 2.05) is 20.8 Å². The summed E-state index contributed by atoms with van der Waals surface area (Å²) in [6.07, 6.45) is 3.47. The quantitative estimate of drug-likeness (QED) is 0.647. The molecular weight excluding hydrogens is 208 g/mol. The van der Waals surface area contributed by atoms with Gasteiger partial charge in [0.15, 0.2) is 0 Å². The smallest absolute Gasteiger partial charge is 0.408 e. The van der Waals surface area contributed by atoms with Gasteiger partial charge >= 0.3 is 6.09 Å². The maximum atomic E-state index is 11.7. The van der Waals surface area contributed by atoms with Crippen molar-refractivity contribution in [3.05, 3.63) is 0 Å². The van der Waals surface area contributed by atoms with Gasteiger partial charge in [0.25, 0.3) is 0 Å². The zero-order chi connectivity index (χ0) is 12.2. The minimum atomic E-state index is -0.490. The Bertz CT molecular complexity index is 242. The van der Waals surface area contributed by atoms with Crippen LogP contribution in [0.25, 0.3) is 0 Å². The Kier molecular flexibility index (Phi) is 4.15. The van der Waals surface area contributed by atoms with Gasteiger partial charge in [-0.2, -0.15) is 0 Å². The Hall–Kier alpha value is -0.810. The highest BCUT2D eigenvalue weighted by molar-refractivity contribution is 5.68.